The second-order valence-electron chi connectivity index (χ2n) is 9.19. The molecule has 3 aromatic rings. The molecule has 0 aliphatic carbocycles. The van der Waals surface area contributed by atoms with Gasteiger partial charge in [0, 0.05) is 48.0 Å². The zero-order valence-electron chi connectivity index (χ0n) is 23.7. The van der Waals surface area contributed by atoms with Crippen LogP contribution in [0, 0.1) is 5.82 Å². The van der Waals surface area contributed by atoms with Crippen LogP contribution in [0.5, 0.6) is 0 Å². The van der Waals surface area contributed by atoms with Crippen molar-refractivity contribution in [2.24, 2.45) is 0 Å². The normalized spacial score (nSPS) is 14.9. The molecule has 6 heteroatoms. The Morgan fingerprint density at radius 3 is 2.40 bits per heavy atom. The monoisotopic (exact) mass is 557 g/mol. The third-order valence-corrected chi connectivity index (χ3v) is 7.32. The number of halogens is 1. The Kier molecular flexibility index (Phi) is 12.6. The smallest absolute Gasteiger partial charge is 0.253 e. The number of carbonyl (C=O) groups excluding carboxylic acids is 1. The fourth-order valence-electron chi connectivity index (χ4n) is 4.37. The Balaban J connectivity index is 0.00000216. The Morgan fingerprint density at radius 1 is 1.05 bits per heavy atom. The molecule has 1 aliphatic rings. The molecule has 0 aromatic heterocycles. The van der Waals surface area contributed by atoms with Crippen molar-refractivity contribution in [1.29, 1.82) is 0 Å². The maximum absolute atomic E-state index is 13.2. The molecule has 1 heterocycles. The number of allylic oxidation sites excluding steroid dienone is 3. The number of hydrogen-bond acceptors (Lipinski definition) is 4. The predicted octanol–water partition coefficient (Wildman–Crippen LogP) is 8.68. The van der Waals surface area contributed by atoms with Crippen molar-refractivity contribution in [2.75, 3.05) is 25.0 Å². The number of rotatable bonds is 11. The fraction of sp³-hybridized carbons (Fsp3) is 0.265. The lowest BCUT2D eigenvalue weighted by Gasteiger charge is -2.20. The first-order valence-corrected chi connectivity index (χ1v) is 14.7. The predicted molar refractivity (Wildman–Crippen MR) is 169 cm³/mol. The van der Waals surface area contributed by atoms with Crippen molar-refractivity contribution < 1.29 is 9.18 Å². The van der Waals surface area contributed by atoms with Gasteiger partial charge in [0.25, 0.3) is 5.91 Å². The van der Waals surface area contributed by atoms with Gasteiger partial charge in [-0.15, -0.1) is 6.58 Å². The molecule has 3 aromatic carbocycles. The van der Waals surface area contributed by atoms with Gasteiger partial charge < -0.3 is 14.5 Å². The first-order chi connectivity index (χ1) is 19.6. The SMILES string of the molecule is C=CC/C(=C\N(C/C=C\C)Sc1ccc(C(=O)N2CCC(Nc3ccc(F)cc3)C2)cc1)c1ccccc1.CC. The molecule has 1 fully saturated rings. The molecule has 1 unspecified atom stereocenters. The van der Waals surface area contributed by atoms with E-state index in [1.807, 2.05) is 80.3 Å². The Morgan fingerprint density at radius 2 is 1.75 bits per heavy atom. The van der Waals surface area contributed by atoms with Gasteiger partial charge in [-0.05, 0) is 91.4 Å². The molecule has 0 spiro atoms. The summed E-state index contributed by atoms with van der Waals surface area (Å²) in [4.78, 5) is 16.1. The molecule has 1 saturated heterocycles. The van der Waals surface area contributed by atoms with E-state index < -0.39 is 0 Å². The number of carbonyl (C=O) groups is 1. The van der Waals surface area contributed by atoms with Gasteiger partial charge >= 0.3 is 0 Å². The third-order valence-electron chi connectivity index (χ3n) is 6.34. The maximum atomic E-state index is 13.2. The van der Waals surface area contributed by atoms with Crippen LogP contribution >= 0.6 is 11.9 Å². The Hall–Kier alpha value is -3.77. The summed E-state index contributed by atoms with van der Waals surface area (Å²) in [5.41, 5.74) is 3.93. The minimum absolute atomic E-state index is 0.0352. The van der Waals surface area contributed by atoms with Crippen molar-refractivity contribution in [1.82, 2.24) is 9.21 Å². The summed E-state index contributed by atoms with van der Waals surface area (Å²) >= 11 is 1.64. The molecular formula is C34H40FN3OS. The molecule has 210 valence electrons. The number of anilines is 1. The highest BCUT2D eigenvalue weighted by Crippen LogP contribution is 2.28. The molecule has 1 atom stereocenters. The molecule has 0 saturated carbocycles. The van der Waals surface area contributed by atoms with Crippen LogP contribution in [0.1, 0.15) is 49.5 Å². The average Bonchev–Trinajstić information content (AvgIpc) is 3.47. The van der Waals surface area contributed by atoms with Gasteiger partial charge in [-0.3, -0.25) is 4.79 Å². The quantitative estimate of drug-likeness (QED) is 0.189. The van der Waals surface area contributed by atoms with Crippen LogP contribution in [0.3, 0.4) is 0 Å². The lowest BCUT2D eigenvalue weighted by Crippen LogP contribution is -2.31. The van der Waals surface area contributed by atoms with Gasteiger partial charge in [0.05, 0.1) is 0 Å². The molecule has 40 heavy (non-hydrogen) atoms. The summed E-state index contributed by atoms with van der Waals surface area (Å²) in [6, 6.07) is 24.7. The highest BCUT2D eigenvalue weighted by molar-refractivity contribution is 7.97. The standard InChI is InChI=1S/C32H34FN3OS.C2H6/c1-3-5-21-36(23-27(9-4-2)25-10-7-6-8-11-25)38-31-18-12-26(13-19-31)32(37)35-22-20-30(24-35)34-29-16-14-28(33)15-17-29;1-2/h3-8,10-19,23,30,34H,2,9,20-22,24H2,1H3;1-2H3/b5-3-,27-23+;. The average molecular weight is 558 g/mol. The number of benzene rings is 3. The summed E-state index contributed by atoms with van der Waals surface area (Å²) < 4.78 is 15.4. The second kappa shape index (κ2) is 16.4. The van der Waals surface area contributed by atoms with E-state index in [-0.39, 0.29) is 17.8 Å². The van der Waals surface area contributed by atoms with Crippen LogP contribution in [-0.2, 0) is 0 Å². The van der Waals surface area contributed by atoms with Crippen molar-refractivity contribution in [3.05, 3.63) is 127 Å². The first kappa shape index (κ1) is 30.8. The summed E-state index contributed by atoms with van der Waals surface area (Å²) in [6.07, 6.45) is 9.92. The number of nitrogens with one attached hydrogen (secondary N) is 1. The van der Waals surface area contributed by atoms with Gasteiger partial charge in [-0.1, -0.05) is 62.4 Å². The molecule has 1 amide bonds. The van der Waals surface area contributed by atoms with E-state index in [4.69, 9.17) is 0 Å². The van der Waals surface area contributed by atoms with Crippen LogP contribution in [-0.4, -0.2) is 40.8 Å². The van der Waals surface area contributed by atoms with Crippen LogP contribution in [0.2, 0.25) is 0 Å². The number of likely N-dealkylation sites (tertiary alicyclic amines) is 1. The van der Waals surface area contributed by atoms with Crippen LogP contribution < -0.4 is 5.32 Å². The zero-order chi connectivity index (χ0) is 28.7. The highest BCUT2D eigenvalue weighted by Gasteiger charge is 2.27. The van der Waals surface area contributed by atoms with E-state index in [0.717, 1.165) is 30.0 Å². The maximum Gasteiger partial charge on any atom is 0.253 e. The van der Waals surface area contributed by atoms with Crippen molar-refractivity contribution in [2.45, 2.75) is 44.6 Å². The van der Waals surface area contributed by atoms with Gasteiger partial charge in [0.15, 0.2) is 0 Å². The van der Waals surface area contributed by atoms with E-state index >= 15 is 0 Å². The van der Waals surface area contributed by atoms with Crippen LogP contribution in [0.4, 0.5) is 10.1 Å². The van der Waals surface area contributed by atoms with E-state index in [0.29, 0.717) is 18.7 Å². The summed E-state index contributed by atoms with van der Waals surface area (Å²) in [7, 11) is 0. The minimum Gasteiger partial charge on any atom is -0.380 e. The van der Waals surface area contributed by atoms with Crippen LogP contribution in [0.25, 0.3) is 5.57 Å². The molecule has 4 rings (SSSR count). The number of nitrogens with zero attached hydrogens (tertiary/aromatic N) is 2. The molecule has 1 aliphatic heterocycles. The summed E-state index contributed by atoms with van der Waals surface area (Å²) in [6.45, 7) is 12.0. The molecule has 1 N–H and O–H groups in total. The molecule has 0 radical (unpaired) electrons. The van der Waals surface area contributed by atoms with E-state index in [2.05, 4.69) is 40.6 Å². The van der Waals surface area contributed by atoms with Crippen molar-refractivity contribution in [3.63, 3.8) is 0 Å². The van der Waals surface area contributed by atoms with Gasteiger partial charge in [-0.25, -0.2) is 4.39 Å². The Bertz CT molecular complexity index is 1260. The fourth-order valence-corrected chi connectivity index (χ4v) is 5.24. The minimum atomic E-state index is -0.255. The summed E-state index contributed by atoms with van der Waals surface area (Å²) in [5.74, 6) is -0.220. The van der Waals surface area contributed by atoms with Crippen molar-refractivity contribution in [3.8, 4) is 0 Å². The molecule has 4 nitrogen and oxygen atoms in total. The van der Waals surface area contributed by atoms with Gasteiger partial charge in [-0.2, -0.15) is 0 Å². The Labute approximate surface area is 243 Å². The molecular weight excluding hydrogens is 517 g/mol. The summed E-state index contributed by atoms with van der Waals surface area (Å²) in [5, 5.41) is 3.40. The highest BCUT2D eigenvalue weighted by atomic mass is 32.2. The lowest BCUT2D eigenvalue weighted by molar-refractivity contribution is 0.0791. The van der Waals surface area contributed by atoms with Crippen molar-refractivity contribution >= 4 is 29.1 Å². The number of hydrogen-bond donors (Lipinski definition) is 1. The van der Waals surface area contributed by atoms with E-state index in [1.165, 1.54) is 23.3 Å². The zero-order valence-corrected chi connectivity index (χ0v) is 24.5. The van der Waals surface area contributed by atoms with Crippen LogP contribution in [0.15, 0.2) is 115 Å². The molecule has 0 bridgehead atoms. The lowest BCUT2D eigenvalue weighted by atomic mass is 10.0. The van der Waals surface area contributed by atoms with Gasteiger partial charge in [0.2, 0.25) is 0 Å². The topological polar surface area (TPSA) is 35.6 Å². The first-order valence-electron chi connectivity index (χ1n) is 13.9. The second-order valence-corrected chi connectivity index (χ2v) is 10.3. The van der Waals surface area contributed by atoms with Gasteiger partial charge in [0.1, 0.15) is 5.82 Å². The third kappa shape index (κ3) is 9.16. The van der Waals surface area contributed by atoms with E-state index in [1.54, 1.807) is 24.1 Å². The number of amides is 1. The van der Waals surface area contributed by atoms with E-state index in [9.17, 15) is 9.18 Å². The largest absolute Gasteiger partial charge is 0.380 e.